The van der Waals surface area contributed by atoms with Crippen LogP contribution in [-0.4, -0.2) is 11.7 Å². The molecule has 0 radical (unpaired) electrons. The summed E-state index contributed by atoms with van der Waals surface area (Å²) in [5, 5.41) is 8.54. The van der Waals surface area contributed by atoms with E-state index >= 15 is 0 Å². The van der Waals surface area contributed by atoms with E-state index in [9.17, 15) is 0 Å². The Balaban J connectivity index is 2.69. The van der Waals surface area contributed by atoms with Crippen LogP contribution in [-0.2, 0) is 6.54 Å². The Morgan fingerprint density at radius 3 is 2.50 bits per heavy atom. The second kappa shape index (κ2) is 3.17. The zero-order valence-corrected chi connectivity index (χ0v) is 5.70. The zero-order valence-electron chi connectivity index (χ0n) is 5.70. The van der Waals surface area contributed by atoms with Crippen LogP contribution in [0, 0.1) is 0 Å². The Bertz CT molecular complexity index is 195. The molecule has 1 aromatic rings. The maximum Gasteiger partial charge on any atom is 0.171 e. The van der Waals surface area contributed by atoms with Crippen LogP contribution in [0.5, 0.6) is 0 Å². The van der Waals surface area contributed by atoms with Gasteiger partial charge in [0.05, 0.1) is 0 Å². The van der Waals surface area contributed by atoms with E-state index in [2.05, 4.69) is 0 Å². The Labute approximate surface area is 59.7 Å². The van der Waals surface area contributed by atoms with E-state index in [0.717, 1.165) is 5.69 Å². The molecule has 1 rings (SSSR count). The largest absolute Gasteiger partial charge is 0.398 e. The van der Waals surface area contributed by atoms with Gasteiger partial charge in [0, 0.05) is 17.8 Å². The maximum absolute atomic E-state index is 8.54. The number of nitrogen functional groups attached to an aromatic ring is 1. The van der Waals surface area contributed by atoms with Crippen LogP contribution in [0.2, 0.25) is 0 Å². The second-order valence-corrected chi connectivity index (χ2v) is 2.09. The van der Waals surface area contributed by atoms with Gasteiger partial charge in [-0.3, -0.25) is 0 Å². The number of pyridine rings is 1. The lowest BCUT2D eigenvalue weighted by molar-refractivity contribution is -0.698. The molecule has 3 heteroatoms. The van der Waals surface area contributed by atoms with Crippen LogP contribution in [0.25, 0.3) is 0 Å². The minimum absolute atomic E-state index is 0.161. The molecule has 0 aliphatic heterocycles. The molecule has 0 bridgehead atoms. The SMILES string of the molecule is Nc1cc[n+](CCO)cc1. The van der Waals surface area contributed by atoms with Crippen LogP contribution in [0.4, 0.5) is 5.69 Å². The van der Waals surface area contributed by atoms with E-state index in [1.807, 2.05) is 17.0 Å². The van der Waals surface area contributed by atoms with Crippen molar-refractivity contribution >= 4 is 5.69 Å². The molecule has 3 nitrogen and oxygen atoms in total. The van der Waals surface area contributed by atoms with E-state index in [1.165, 1.54) is 0 Å². The number of hydrogen-bond donors (Lipinski definition) is 2. The number of anilines is 1. The second-order valence-electron chi connectivity index (χ2n) is 2.09. The first-order valence-corrected chi connectivity index (χ1v) is 3.18. The van der Waals surface area contributed by atoms with Crippen molar-refractivity contribution in [1.82, 2.24) is 0 Å². The molecule has 10 heavy (non-hydrogen) atoms. The quantitative estimate of drug-likeness (QED) is 0.545. The molecule has 0 aliphatic carbocycles. The van der Waals surface area contributed by atoms with E-state index in [4.69, 9.17) is 10.8 Å². The molecule has 3 N–H and O–H groups in total. The average Bonchev–Trinajstić information content (AvgIpc) is 1.95. The lowest BCUT2D eigenvalue weighted by atomic mass is 10.4. The first kappa shape index (κ1) is 7.02. The summed E-state index contributed by atoms with van der Waals surface area (Å²) in [4.78, 5) is 0. The Kier molecular flexibility index (Phi) is 2.23. The molecule has 0 spiro atoms. The fourth-order valence-corrected chi connectivity index (χ4v) is 0.733. The van der Waals surface area contributed by atoms with Crippen LogP contribution in [0.1, 0.15) is 0 Å². The lowest BCUT2D eigenvalue weighted by Crippen LogP contribution is -2.34. The van der Waals surface area contributed by atoms with Crippen molar-refractivity contribution in [2.24, 2.45) is 0 Å². The highest BCUT2D eigenvalue weighted by molar-refractivity contribution is 5.32. The molecule has 0 unspecified atom stereocenters. The van der Waals surface area contributed by atoms with Crippen LogP contribution in [0.15, 0.2) is 24.5 Å². The molecule has 0 atom stereocenters. The van der Waals surface area contributed by atoms with Gasteiger partial charge in [0.1, 0.15) is 6.61 Å². The molecule has 0 aromatic carbocycles. The number of aliphatic hydroxyl groups excluding tert-OH is 1. The summed E-state index contributed by atoms with van der Waals surface area (Å²) in [6, 6.07) is 3.60. The van der Waals surface area contributed by atoms with Crippen LogP contribution >= 0.6 is 0 Å². The normalized spacial score (nSPS) is 9.70. The third kappa shape index (κ3) is 1.70. The lowest BCUT2D eigenvalue weighted by Gasteiger charge is -1.92. The number of aromatic nitrogens is 1. The predicted octanol–water partition coefficient (Wildman–Crippen LogP) is -0.451. The van der Waals surface area contributed by atoms with Gasteiger partial charge in [0.2, 0.25) is 0 Å². The van der Waals surface area contributed by atoms with E-state index in [0.29, 0.717) is 6.54 Å². The molecule has 0 aliphatic rings. The third-order valence-corrected chi connectivity index (χ3v) is 1.28. The number of nitrogens with two attached hydrogens (primary N) is 1. The van der Waals surface area contributed by atoms with Gasteiger partial charge < -0.3 is 10.8 Å². The smallest absolute Gasteiger partial charge is 0.171 e. The van der Waals surface area contributed by atoms with Gasteiger partial charge in [-0.1, -0.05) is 0 Å². The molecule has 0 amide bonds. The van der Waals surface area contributed by atoms with Gasteiger partial charge >= 0.3 is 0 Å². The van der Waals surface area contributed by atoms with Crippen molar-refractivity contribution in [2.45, 2.75) is 6.54 Å². The van der Waals surface area contributed by atoms with Crippen molar-refractivity contribution < 1.29 is 9.67 Å². The highest BCUT2D eigenvalue weighted by Gasteiger charge is 1.95. The fourth-order valence-electron chi connectivity index (χ4n) is 0.733. The summed E-state index contributed by atoms with van der Waals surface area (Å²) in [6.45, 7) is 0.787. The highest BCUT2D eigenvalue weighted by Crippen LogP contribution is 1.92. The molecular formula is C7H11N2O+. The number of nitrogens with zero attached hydrogens (tertiary/aromatic N) is 1. The van der Waals surface area contributed by atoms with E-state index in [-0.39, 0.29) is 6.61 Å². The summed E-state index contributed by atoms with van der Waals surface area (Å²) in [5.41, 5.74) is 6.19. The molecule has 0 fully saturated rings. The van der Waals surface area contributed by atoms with Crippen molar-refractivity contribution in [3.63, 3.8) is 0 Å². The summed E-state index contributed by atoms with van der Waals surface area (Å²) < 4.78 is 1.87. The summed E-state index contributed by atoms with van der Waals surface area (Å²) in [7, 11) is 0. The monoisotopic (exact) mass is 139 g/mol. The van der Waals surface area contributed by atoms with E-state index < -0.39 is 0 Å². The first-order chi connectivity index (χ1) is 4.83. The zero-order chi connectivity index (χ0) is 7.40. The van der Waals surface area contributed by atoms with Crippen molar-refractivity contribution in [3.05, 3.63) is 24.5 Å². The summed E-state index contributed by atoms with van der Waals surface area (Å²) in [6.07, 6.45) is 3.68. The summed E-state index contributed by atoms with van der Waals surface area (Å²) in [5.74, 6) is 0. The molecule has 1 aromatic heterocycles. The van der Waals surface area contributed by atoms with Crippen molar-refractivity contribution in [2.75, 3.05) is 12.3 Å². The van der Waals surface area contributed by atoms with Crippen molar-refractivity contribution in [1.29, 1.82) is 0 Å². The molecule has 1 heterocycles. The van der Waals surface area contributed by atoms with Gasteiger partial charge in [-0.2, -0.15) is 0 Å². The van der Waals surface area contributed by atoms with Gasteiger partial charge in [-0.25, -0.2) is 4.57 Å². The average molecular weight is 139 g/mol. The van der Waals surface area contributed by atoms with Crippen LogP contribution < -0.4 is 10.3 Å². The number of rotatable bonds is 2. The number of aliphatic hydroxyl groups is 1. The maximum atomic E-state index is 8.54. The number of hydrogen-bond acceptors (Lipinski definition) is 2. The molecular weight excluding hydrogens is 128 g/mol. The minimum Gasteiger partial charge on any atom is -0.398 e. The molecule has 54 valence electrons. The predicted molar refractivity (Wildman–Crippen MR) is 38.1 cm³/mol. The summed E-state index contributed by atoms with van der Waals surface area (Å²) >= 11 is 0. The van der Waals surface area contributed by atoms with Crippen molar-refractivity contribution in [3.8, 4) is 0 Å². The first-order valence-electron chi connectivity index (χ1n) is 3.18. The Morgan fingerprint density at radius 1 is 1.40 bits per heavy atom. The molecule has 0 saturated heterocycles. The Hall–Kier alpha value is -1.09. The minimum atomic E-state index is 0.161. The van der Waals surface area contributed by atoms with Gasteiger partial charge in [0.25, 0.3) is 0 Å². The topological polar surface area (TPSA) is 50.1 Å². The highest BCUT2D eigenvalue weighted by atomic mass is 16.3. The fraction of sp³-hybridized carbons (Fsp3) is 0.286. The van der Waals surface area contributed by atoms with Gasteiger partial charge in [-0.15, -0.1) is 0 Å². The van der Waals surface area contributed by atoms with Gasteiger partial charge in [-0.05, 0) is 0 Å². The van der Waals surface area contributed by atoms with E-state index in [1.54, 1.807) is 12.1 Å². The molecule has 0 saturated carbocycles. The van der Waals surface area contributed by atoms with Crippen LogP contribution in [0.3, 0.4) is 0 Å². The Morgan fingerprint density at radius 2 is 2.00 bits per heavy atom. The standard InChI is InChI=1S/C7H10N2O/c8-7-1-3-9(4-2-7)5-6-10/h1-4,8,10H,5-6H2/p+1. The van der Waals surface area contributed by atoms with Gasteiger partial charge in [0.15, 0.2) is 18.9 Å². The third-order valence-electron chi connectivity index (χ3n) is 1.28.